The highest BCUT2D eigenvalue weighted by molar-refractivity contribution is 6.18. The molecule has 0 atom stereocenters. The zero-order valence-electron chi connectivity index (χ0n) is 16.2. The van der Waals surface area contributed by atoms with Gasteiger partial charge in [-0.25, -0.2) is 0 Å². The summed E-state index contributed by atoms with van der Waals surface area (Å²) in [7, 11) is 0. The fourth-order valence-electron chi connectivity index (χ4n) is 4.26. The highest BCUT2D eigenvalue weighted by atomic mass is 15.0. The van der Waals surface area contributed by atoms with Crippen molar-refractivity contribution in [3.8, 4) is 5.69 Å². The molecule has 0 aliphatic carbocycles. The van der Waals surface area contributed by atoms with Gasteiger partial charge in [0, 0.05) is 28.4 Å². The first kappa shape index (κ1) is 17.5. The highest BCUT2D eigenvalue weighted by Crippen LogP contribution is 2.37. The minimum atomic E-state index is 0.501. The molecule has 0 amide bonds. The molecule has 0 radical (unpaired) electrons. The number of para-hydroxylation sites is 2. The van der Waals surface area contributed by atoms with Crippen molar-refractivity contribution in [1.82, 2.24) is 4.57 Å². The number of nitrogens with zero attached hydrogens (tertiary/aromatic N) is 1. The standard InChI is InChI=1S/C27H22N2/c1-2-19(16-17-28)20-12-14-23-21(18-20)13-15-25-24-10-6-7-11-26(24)29(27(23)25)22-8-4-3-5-9-22/h2-16,18H,1,17,28H2/b19-16+. The van der Waals surface area contributed by atoms with Crippen molar-refractivity contribution >= 4 is 38.2 Å². The summed E-state index contributed by atoms with van der Waals surface area (Å²) in [4.78, 5) is 0. The molecule has 140 valence electrons. The van der Waals surface area contributed by atoms with E-state index in [0.717, 1.165) is 11.1 Å². The lowest BCUT2D eigenvalue weighted by Gasteiger charge is -2.11. The van der Waals surface area contributed by atoms with E-state index in [1.54, 1.807) is 0 Å². The molecule has 0 aliphatic heterocycles. The maximum Gasteiger partial charge on any atom is 0.0619 e. The zero-order valence-corrected chi connectivity index (χ0v) is 16.2. The smallest absolute Gasteiger partial charge is 0.0619 e. The number of rotatable bonds is 4. The maximum atomic E-state index is 5.73. The van der Waals surface area contributed by atoms with Gasteiger partial charge in [0.2, 0.25) is 0 Å². The Balaban J connectivity index is 1.90. The van der Waals surface area contributed by atoms with Crippen molar-refractivity contribution in [2.75, 3.05) is 6.54 Å². The van der Waals surface area contributed by atoms with Crippen molar-refractivity contribution in [1.29, 1.82) is 0 Å². The van der Waals surface area contributed by atoms with Crippen LogP contribution in [0.4, 0.5) is 0 Å². The molecule has 2 heteroatoms. The Bertz CT molecular complexity index is 1390. The van der Waals surface area contributed by atoms with Crippen molar-refractivity contribution in [2.45, 2.75) is 0 Å². The van der Waals surface area contributed by atoms with Crippen LogP contribution in [0.2, 0.25) is 0 Å². The van der Waals surface area contributed by atoms with Gasteiger partial charge in [-0.2, -0.15) is 0 Å². The monoisotopic (exact) mass is 374 g/mol. The third-order valence-corrected chi connectivity index (χ3v) is 5.56. The van der Waals surface area contributed by atoms with E-state index in [1.165, 1.54) is 38.3 Å². The predicted molar refractivity (Wildman–Crippen MR) is 126 cm³/mol. The van der Waals surface area contributed by atoms with E-state index < -0.39 is 0 Å². The van der Waals surface area contributed by atoms with Gasteiger partial charge < -0.3 is 10.3 Å². The SMILES string of the molecule is C=C/C(=C\CN)c1ccc2c(ccc3c4ccccc4n(-c4ccccc4)c23)c1. The molecular formula is C27H22N2. The second kappa shape index (κ2) is 7.08. The van der Waals surface area contributed by atoms with Crippen LogP contribution in [0.25, 0.3) is 43.8 Å². The van der Waals surface area contributed by atoms with E-state index in [0.29, 0.717) is 6.54 Å². The predicted octanol–water partition coefficient (Wildman–Crippen LogP) is 6.47. The molecule has 0 bridgehead atoms. The Morgan fingerprint density at radius 3 is 2.38 bits per heavy atom. The van der Waals surface area contributed by atoms with Crippen LogP contribution in [0.1, 0.15) is 5.56 Å². The summed E-state index contributed by atoms with van der Waals surface area (Å²) in [5.41, 5.74) is 11.6. The average Bonchev–Trinajstić information content (AvgIpc) is 3.12. The number of hydrogen-bond donors (Lipinski definition) is 1. The van der Waals surface area contributed by atoms with Gasteiger partial charge in [0.15, 0.2) is 0 Å². The molecule has 5 aromatic rings. The quantitative estimate of drug-likeness (QED) is 0.359. The summed E-state index contributed by atoms with van der Waals surface area (Å²) >= 11 is 0. The van der Waals surface area contributed by atoms with Crippen LogP contribution in [-0.4, -0.2) is 11.1 Å². The van der Waals surface area contributed by atoms with Crippen LogP contribution in [-0.2, 0) is 0 Å². The molecule has 1 aromatic heterocycles. The van der Waals surface area contributed by atoms with Gasteiger partial charge in [-0.3, -0.25) is 0 Å². The molecule has 0 spiro atoms. The summed E-state index contributed by atoms with van der Waals surface area (Å²) < 4.78 is 2.37. The summed E-state index contributed by atoms with van der Waals surface area (Å²) in [6, 6.07) is 30.3. The fourth-order valence-corrected chi connectivity index (χ4v) is 4.26. The van der Waals surface area contributed by atoms with Gasteiger partial charge in [0.25, 0.3) is 0 Å². The van der Waals surface area contributed by atoms with Gasteiger partial charge in [-0.05, 0) is 40.8 Å². The average molecular weight is 374 g/mol. The molecular weight excluding hydrogens is 352 g/mol. The molecule has 0 fully saturated rings. The number of allylic oxidation sites excluding steroid dienone is 2. The van der Waals surface area contributed by atoms with Crippen LogP contribution in [0.15, 0.2) is 104 Å². The van der Waals surface area contributed by atoms with Gasteiger partial charge in [-0.15, -0.1) is 0 Å². The van der Waals surface area contributed by atoms with E-state index >= 15 is 0 Å². The molecule has 2 N–H and O–H groups in total. The Kier molecular flexibility index (Phi) is 4.27. The maximum absolute atomic E-state index is 5.73. The Hall–Kier alpha value is -3.62. The summed E-state index contributed by atoms with van der Waals surface area (Å²) in [6.45, 7) is 4.44. The molecule has 1 heterocycles. The second-order valence-corrected chi connectivity index (χ2v) is 7.19. The highest BCUT2D eigenvalue weighted by Gasteiger charge is 2.14. The Morgan fingerprint density at radius 2 is 1.59 bits per heavy atom. The van der Waals surface area contributed by atoms with E-state index in [1.807, 2.05) is 12.2 Å². The minimum Gasteiger partial charge on any atom is -0.327 e. The molecule has 2 nitrogen and oxygen atoms in total. The van der Waals surface area contributed by atoms with Crippen LogP contribution >= 0.6 is 0 Å². The minimum absolute atomic E-state index is 0.501. The van der Waals surface area contributed by atoms with Crippen LogP contribution in [0.5, 0.6) is 0 Å². The third-order valence-electron chi connectivity index (χ3n) is 5.56. The van der Waals surface area contributed by atoms with Crippen LogP contribution in [0.3, 0.4) is 0 Å². The van der Waals surface area contributed by atoms with Crippen molar-refractivity contribution in [3.63, 3.8) is 0 Å². The molecule has 0 aliphatic rings. The lowest BCUT2D eigenvalue weighted by atomic mass is 9.99. The number of fused-ring (bicyclic) bond motifs is 5. The Labute approximate surface area is 170 Å². The van der Waals surface area contributed by atoms with Crippen molar-refractivity contribution < 1.29 is 0 Å². The molecule has 5 rings (SSSR count). The van der Waals surface area contributed by atoms with Gasteiger partial charge in [-0.1, -0.05) is 79.4 Å². The van der Waals surface area contributed by atoms with Gasteiger partial charge >= 0.3 is 0 Å². The van der Waals surface area contributed by atoms with E-state index in [2.05, 4.69) is 96.1 Å². The third kappa shape index (κ3) is 2.77. The number of hydrogen-bond acceptors (Lipinski definition) is 1. The summed E-state index contributed by atoms with van der Waals surface area (Å²) in [5, 5.41) is 4.99. The fraction of sp³-hybridized carbons (Fsp3) is 0.0370. The van der Waals surface area contributed by atoms with Crippen LogP contribution in [0, 0.1) is 0 Å². The molecule has 0 saturated heterocycles. The Morgan fingerprint density at radius 1 is 0.828 bits per heavy atom. The molecule has 4 aromatic carbocycles. The summed E-state index contributed by atoms with van der Waals surface area (Å²) in [5.74, 6) is 0. The largest absolute Gasteiger partial charge is 0.327 e. The lowest BCUT2D eigenvalue weighted by molar-refractivity contribution is 1.19. The van der Waals surface area contributed by atoms with Crippen molar-refractivity contribution in [3.05, 3.63) is 109 Å². The summed E-state index contributed by atoms with van der Waals surface area (Å²) in [6.07, 6.45) is 3.88. The first-order valence-electron chi connectivity index (χ1n) is 9.86. The number of nitrogens with two attached hydrogens (primary N) is 1. The van der Waals surface area contributed by atoms with E-state index in [-0.39, 0.29) is 0 Å². The topological polar surface area (TPSA) is 30.9 Å². The molecule has 0 saturated carbocycles. The van der Waals surface area contributed by atoms with E-state index in [4.69, 9.17) is 5.73 Å². The van der Waals surface area contributed by atoms with E-state index in [9.17, 15) is 0 Å². The zero-order chi connectivity index (χ0) is 19.8. The van der Waals surface area contributed by atoms with Gasteiger partial charge in [0.05, 0.1) is 11.0 Å². The molecule has 0 unspecified atom stereocenters. The molecule has 29 heavy (non-hydrogen) atoms. The van der Waals surface area contributed by atoms with Crippen LogP contribution < -0.4 is 5.73 Å². The number of aromatic nitrogens is 1. The van der Waals surface area contributed by atoms with Gasteiger partial charge in [0.1, 0.15) is 0 Å². The normalized spacial score (nSPS) is 12.1. The second-order valence-electron chi connectivity index (χ2n) is 7.19. The number of benzene rings is 4. The van der Waals surface area contributed by atoms with Crippen molar-refractivity contribution in [2.24, 2.45) is 5.73 Å². The first-order chi connectivity index (χ1) is 14.3. The first-order valence-corrected chi connectivity index (χ1v) is 9.86. The lowest BCUT2D eigenvalue weighted by Crippen LogP contribution is -1.95.